The minimum absolute atomic E-state index is 0. The Hall–Kier alpha value is -3.46. The van der Waals surface area contributed by atoms with E-state index in [0.717, 1.165) is 31.5 Å². The molecule has 184 valence electrons. The number of nitrogens with one attached hydrogen (secondary N) is 1. The van der Waals surface area contributed by atoms with Crippen LogP contribution in [0.25, 0.3) is 11.0 Å². The number of hydrogen-bond donors (Lipinski definition) is 1. The SMILES string of the molecule is CCn1cc(C(=O)NC2(C(=O)OC)CCc3ccccc32)c(=O)c2cnc(N3CCCC3)nc21.Cl. The number of amides is 1. The number of ether oxygens (including phenoxy) is 1. The van der Waals surface area contributed by atoms with Crippen molar-refractivity contribution in [1.29, 1.82) is 0 Å². The summed E-state index contributed by atoms with van der Waals surface area (Å²) in [5.74, 6) is -0.586. The fourth-order valence-electron chi connectivity index (χ4n) is 5.08. The highest BCUT2D eigenvalue weighted by Gasteiger charge is 2.48. The van der Waals surface area contributed by atoms with E-state index in [0.29, 0.717) is 36.5 Å². The number of methoxy groups -OCH3 is 1. The molecule has 1 aliphatic heterocycles. The second-order valence-corrected chi connectivity index (χ2v) is 8.77. The van der Waals surface area contributed by atoms with Gasteiger partial charge in [-0.15, -0.1) is 12.4 Å². The van der Waals surface area contributed by atoms with Crippen LogP contribution in [-0.4, -0.2) is 46.6 Å². The minimum atomic E-state index is -1.34. The van der Waals surface area contributed by atoms with Crippen LogP contribution in [0.5, 0.6) is 0 Å². The number of halogens is 1. The third-order valence-corrected chi connectivity index (χ3v) is 6.88. The van der Waals surface area contributed by atoms with E-state index in [9.17, 15) is 14.4 Å². The van der Waals surface area contributed by atoms with Crippen molar-refractivity contribution in [2.24, 2.45) is 0 Å². The summed E-state index contributed by atoms with van der Waals surface area (Å²) in [6.45, 7) is 4.21. The van der Waals surface area contributed by atoms with Crippen molar-refractivity contribution in [2.45, 2.75) is 44.7 Å². The molecule has 3 heterocycles. The molecule has 1 saturated heterocycles. The molecule has 0 radical (unpaired) electrons. The summed E-state index contributed by atoms with van der Waals surface area (Å²) in [5, 5.41) is 3.13. The van der Waals surface area contributed by atoms with Crippen molar-refractivity contribution in [3.05, 3.63) is 63.6 Å². The van der Waals surface area contributed by atoms with Gasteiger partial charge in [-0.05, 0) is 43.7 Å². The molecule has 1 amide bonds. The molecular formula is C25H28ClN5O4. The number of aryl methyl sites for hydroxylation is 2. The molecule has 2 aromatic heterocycles. The van der Waals surface area contributed by atoms with E-state index in [1.54, 1.807) is 4.57 Å². The first-order valence-corrected chi connectivity index (χ1v) is 11.6. The van der Waals surface area contributed by atoms with Crippen LogP contribution in [-0.2, 0) is 28.0 Å². The van der Waals surface area contributed by atoms with E-state index in [1.807, 2.05) is 31.2 Å². The molecule has 0 saturated carbocycles. The van der Waals surface area contributed by atoms with Crippen molar-refractivity contribution in [3.8, 4) is 0 Å². The highest BCUT2D eigenvalue weighted by molar-refractivity contribution is 6.00. The second-order valence-electron chi connectivity index (χ2n) is 8.77. The van der Waals surface area contributed by atoms with Crippen LogP contribution >= 0.6 is 12.4 Å². The molecule has 1 unspecified atom stereocenters. The molecule has 1 atom stereocenters. The minimum Gasteiger partial charge on any atom is -0.467 e. The zero-order valence-electron chi connectivity index (χ0n) is 19.7. The topological polar surface area (TPSA) is 106 Å². The summed E-state index contributed by atoms with van der Waals surface area (Å²) in [5.41, 5.74) is 0.313. The van der Waals surface area contributed by atoms with E-state index in [-0.39, 0.29) is 23.4 Å². The number of hydrogen-bond acceptors (Lipinski definition) is 7. The lowest BCUT2D eigenvalue weighted by Gasteiger charge is -2.28. The summed E-state index contributed by atoms with van der Waals surface area (Å²) in [4.78, 5) is 50.9. The monoisotopic (exact) mass is 497 g/mol. The fraction of sp³-hybridized carbons (Fsp3) is 0.400. The number of fused-ring (bicyclic) bond motifs is 2. The molecule has 2 aliphatic rings. The van der Waals surface area contributed by atoms with Crippen LogP contribution in [0.3, 0.4) is 0 Å². The molecule has 3 aromatic rings. The lowest BCUT2D eigenvalue weighted by molar-refractivity contribution is -0.148. The predicted octanol–water partition coefficient (Wildman–Crippen LogP) is 2.58. The first kappa shape index (κ1) is 24.7. The van der Waals surface area contributed by atoms with Crippen LogP contribution in [0.15, 0.2) is 41.5 Å². The molecule has 9 nitrogen and oxygen atoms in total. The van der Waals surface area contributed by atoms with E-state index in [4.69, 9.17) is 4.74 Å². The van der Waals surface area contributed by atoms with Gasteiger partial charge in [0.25, 0.3) is 5.91 Å². The Bertz CT molecular complexity index is 1350. The highest BCUT2D eigenvalue weighted by Crippen LogP contribution is 2.38. The van der Waals surface area contributed by atoms with E-state index >= 15 is 0 Å². The van der Waals surface area contributed by atoms with Crippen LogP contribution in [0.1, 0.15) is 47.7 Å². The second kappa shape index (κ2) is 9.65. The van der Waals surface area contributed by atoms with Crippen LogP contribution in [0, 0.1) is 0 Å². The molecule has 5 rings (SSSR count). The van der Waals surface area contributed by atoms with Gasteiger partial charge < -0.3 is 19.5 Å². The standard InChI is InChI=1S/C25H27N5O4.ClH/c1-3-29-15-18(20(31)17-14-26-24(27-21(17)29)30-12-6-7-13-30)22(32)28-25(23(33)34-2)11-10-16-8-4-5-9-19(16)25;/h4-5,8-9,14-15H,3,6-7,10-13H2,1-2H3,(H,28,32);1H. The number of esters is 1. The first-order chi connectivity index (χ1) is 16.5. The number of anilines is 1. The molecular weight excluding hydrogens is 470 g/mol. The molecule has 0 spiro atoms. The Morgan fingerprint density at radius 1 is 1.20 bits per heavy atom. The number of nitrogens with zero attached hydrogens (tertiary/aromatic N) is 4. The lowest BCUT2D eigenvalue weighted by Crippen LogP contribution is -2.51. The quantitative estimate of drug-likeness (QED) is 0.540. The molecule has 1 fully saturated rings. The zero-order chi connectivity index (χ0) is 23.9. The molecule has 35 heavy (non-hydrogen) atoms. The van der Waals surface area contributed by atoms with E-state index in [1.165, 1.54) is 19.5 Å². The molecule has 1 N–H and O–H groups in total. The molecule has 1 aromatic carbocycles. The molecule has 0 bridgehead atoms. The van der Waals surface area contributed by atoms with Crippen molar-refractivity contribution >= 4 is 41.3 Å². The Kier molecular flexibility index (Phi) is 6.80. The summed E-state index contributed by atoms with van der Waals surface area (Å²) >= 11 is 0. The number of carbonyl (C=O) groups is 2. The maximum atomic E-state index is 13.5. The third kappa shape index (κ3) is 4.03. The summed E-state index contributed by atoms with van der Waals surface area (Å²) in [6.07, 6.45) is 6.19. The van der Waals surface area contributed by atoms with Crippen molar-refractivity contribution in [1.82, 2.24) is 19.9 Å². The Labute approximate surface area is 208 Å². The summed E-state index contributed by atoms with van der Waals surface area (Å²) in [6, 6.07) is 7.47. The van der Waals surface area contributed by atoms with Gasteiger partial charge in [0.05, 0.1) is 12.5 Å². The average molecular weight is 498 g/mol. The van der Waals surface area contributed by atoms with Gasteiger partial charge >= 0.3 is 5.97 Å². The van der Waals surface area contributed by atoms with Gasteiger partial charge in [0, 0.05) is 32.0 Å². The van der Waals surface area contributed by atoms with Crippen LogP contribution < -0.4 is 15.6 Å². The van der Waals surface area contributed by atoms with Gasteiger partial charge in [0.15, 0.2) is 5.54 Å². The number of benzene rings is 1. The highest BCUT2D eigenvalue weighted by atomic mass is 35.5. The summed E-state index contributed by atoms with van der Waals surface area (Å²) < 4.78 is 6.85. The third-order valence-electron chi connectivity index (χ3n) is 6.88. The average Bonchev–Trinajstić information content (AvgIpc) is 3.53. The van der Waals surface area contributed by atoms with Crippen molar-refractivity contribution < 1.29 is 14.3 Å². The molecule has 10 heteroatoms. The number of rotatable bonds is 5. The zero-order valence-corrected chi connectivity index (χ0v) is 20.6. The van der Waals surface area contributed by atoms with E-state index < -0.39 is 22.8 Å². The maximum absolute atomic E-state index is 13.5. The van der Waals surface area contributed by atoms with E-state index in [2.05, 4.69) is 20.2 Å². The maximum Gasteiger partial charge on any atom is 0.336 e. The van der Waals surface area contributed by atoms with Gasteiger partial charge in [-0.1, -0.05) is 24.3 Å². The van der Waals surface area contributed by atoms with Crippen LogP contribution in [0.2, 0.25) is 0 Å². The first-order valence-electron chi connectivity index (χ1n) is 11.6. The predicted molar refractivity (Wildman–Crippen MR) is 134 cm³/mol. The van der Waals surface area contributed by atoms with Crippen molar-refractivity contribution in [2.75, 3.05) is 25.1 Å². The Morgan fingerprint density at radius 3 is 2.66 bits per heavy atom. The smallest absolute Gasteiger partial charge is 0.336 e. The van der Waals surface area contributed by atoms with Crippen molar-refractivity contribution in [3.63, 3.8) is 0 Å². The van der Waals surface area contributed by atoms with Gasteiger partial charge in [0.1, 0.15) is 11.2 Å². The van der Waals surface area contributed by atoms with Crippen LogP contribution in [0.4, 0.5) is 5.95 Å². The van der Waals surface area contributed by atoms with Gasteiger partial charge in [-0.3, -0.25) is 9.59 Å². The Balaban J connectivity index is 0.00000289. The molecule has 1 aliphatic carbocycles. The number of pyridine rings is 1. The largest absolute Gasteiger partial charge is 0.467 e. The Morgan fingerprint density at radius 2 is 1.94 bits per heavy atom. The normalized spacial score (nSPS) is 18.7. The number of carbonyl (C=O) groups excluding carboxylic acids is 2. The van der Waals surface area contributed by atoms with Gasteiger partial charge in [0.2, 0.25) is 11.4 Å². The van der Waals surface area contributed by atoms with Gasteiger partial charge in [-0.25, -0.2) is 9.78 Å². The summed E-state index contributed by atoms with van der Waals surface area (Å²) in [7, 11) is 1.30. The number of aromatic nitrogens is 3. The lowest BCUT2D eigenvalue weighted by atomic mass is 9.91. The fourth-order valence-corrected chi connectivity index (χ4v) is 5.08. The van der Waals surface area contributed by atoms with Gasteiger partial charge in [-0.2, -0.15) is 4.98 Å².